The minimum absolute atomic E-state index is 0.127. The van der Waals surface area contributed by atoms with Crippen molar-refractivity contribution >= 4 is 5.91 Å². The van der Waals surface area contributed by atoms with Crippen molar-refractivity contribution in [1.82, 2.24) is 20.1 Å². The molecule has 0 spiro atoms. The summed E-state index contributed by atoms with van der Waals surface area (Å²) in [6, 6.07) is 3.71. The summed E-state index contributed by atoms with van der Waals surface area (Å²) in [4.78, 5) is 28.9. The minimum Gasteiger partial charge on any atom is -0.391 e. The molecule has 110 valence electrons. The van der Waals surface area contributed by atoms with Gasteiger partial charge in [-0.25, -0.2) is 9.89 Å². The number of H-pyrrole nitrogens is 1. The summed E-state index contributed by atoms with van der Waals surface area (Å²) in [6.45, 7) is 0.127. The summed E-state index contributed by atoms with van der Waals surface area (Å²) in [5.74, 6) is -0.0919. The highest BCUT2D eigenvalue weighted by Gasteiger charge is 2.21. The average Bonchev–Trinajstić information content (AvgIpc) is 2.82. The number of pyridine rings is 1. The molecule has 2 heterocycles. The highest BCUT2D eigenvalue weighted by atomic mass is 16.4. The van der Waals surface area contributed by atoms with Crippen molar-refractivity contribution in [1.29, 1.82) is 0 Å². The third kappa shape index (κ3) is 2.86. The van der Waals surface area contributed by atoms with Gasteiger partial charge in [-0.1, -0.05) is 6.42 Å². The fourth-order valence-electron chi connectivity index (χ4n) is 2.30. The van der Waals surface area contributed by atoms with E-state index in [4.69, 9.17) is 4.42 Å². The number of nitrogens with one attached hydrogen (secondary N) is 1. The van der Waals surface area contributed by atoms with Crippen LogP contribution in [0.2, 0.25) is 0 Å². The molecule has 21 heavy (non-hydrogen) atoms. The van der Waals surface area contributed by atoms with Gasteiger partial charge >= 0.3 is 5.76 Å². The first kappa shape index (κ1) is 13.5. The van der Waals surface area contributed by atoms with E-state index in [1.54, 1.807) is 19.3 Å². The Morgan fingerprint density at radius 1 is 1.48 bits per heavy atom. The lowest BCUT2D eigenvalue weighted by atomic mass is 9.82. The highest BCUT2D eigenvalue weighted by Crippen LogP contribution is 2.35. The molecule has 2 aromatic rings. The number of rotatable bonds is 4. The van der Waals surface area contributed by atoms with Crippen LogP contribution in [0.4, 0.5) is 0 Å². The van der Waals surface area contributed by atoms with E-state index >= 15 is 0 Å². The molecular weight excluding hydrogens is 272 g/mol. The van der Waals surface area contributed by atoms with Crippen LogP contribution in [-0.4, -0.2) is 33.0 Å². The van der Waals surface area contributed by atoms with Gasteiger partial charge in [0.15, 0.2) is 0 Å². The van der Waals surface area contributed by atoms with E-state index in [2.05, 4.69) is 15.2 Å². The zero-order valence-corrected chi connectivity index (χ0v) is 11.7. The van der Waals surface area contributed by atoms with Crippen LogP contribution >= 0.6 is 0 Å². The van der Waals surface area contributed by atoms with Gasteiger partial charge in [-0.05, 0) is 25.0 Å². The zero-order chi connectivity index (χ0) is 14.8. The van der Waals surface area contributed by atoms with E-state index in [1.165, 1.54) is 24.2 Å². The monoisotopic (exact) mass is 288 g/mol. The van der Waals surface area contributed by atoms with Crippen LogP contribution in [-0.2, 0) is 6.54 Å². The van der Waals surface area contributed by atoms with Crippen molar-refractivity contribution in [2.45, 2.75) is 31.7 Å². The normalized spacial score (nSPS) is 14.7. The van der Waals surface area contributed by atoms with E-state index in [1.807, 2.05) is 6.07 Å². The van der Waals surface area contributed by atoms with E-state index < -0.39 is 5.76 Å². The molecule has 0 atom stereocenters. The first-order valence-electron chi connectivity index (χ1n) is 6.89. The van der Waals surface area contributed by atoms with Gasteiger partial charge in [-0.2, -0.15) is 0 Å². The Morgan fingerprint density at radius 2 is 2.29 bits per heavy atom. The smallest absolute Gasteiger partial charge is 0.391 e. The highest BCUT2D eigenvalue weighted by molar-refractivity contribution is 5.93. The van der Waals surface area contributed by atoms with Crippen molar-refractivity contribution in [2.24, 2.45) is 0 Å². The molecule has 0 saturated heterocycles. The number of nitrogens with zero attached hydrogens (tertiary/aromatic N) is 3. The van der Waals surface area contributed by atoms with Gasteiger partial charge in [-0.3, -0.25) is 9.78 Å². The van der Waals surface area contributed by atoms with Crippen LogP contribution in [0, 0.1) is 0 Å². The average molecular weight is 288 g/mol. The lowest BCUT2D eigenvalue weighted by Gasteiger charge is -2.24. The molecule has 1 aliphatic rings. The van der Waals surface area contributed by atoms with Crippen molar-refractivity contribution in [3.63, 3.8) is 0 Å². The third-order valence-electron chi connectivity index (χ3n) is 3.76. The van der Waals surface area contributed by atoms with Crippen LogP contribution < -0.4 is 5.76 Å². The number of aromatic nitrogens is 3. The number of carbonyl (C=O) groups is 1. The van der Waals surface area contributed by atoms with Crippen LogP contribution in [0.25, 0.3) is 0 Å². The van der Waals surface area contributed by atoms with Crippen molar-refractivity contribution in [2.75, 3.05) is 7.05 Å². The Kier molecular flexibility index (Phi) is 3.55. The molecule has 7 nitrogen and oxygen atoms in total. The molecule has 1 N–H and O–H groups in total. The predicted molar refractivity (Wildman–Crippen MR) is 73.8 cm³/mol. The largest absolute Gasteiger partial charge is 0.434 e. The second-order valence-corrected chi connectivity index (χ2v) is 5.27. The fourth-order valence-corrected chi connectivity index (χ4v) is 2.30. The van der Waals surface area contributed by atoms with Gasteiger partial charge in [0.25, 0.3) is 5.91 Å². The number of hydrogen-bond donors (Lipinski definition) is 1. The number of carbonyl (C=O) groups excluding carboxylic acids is 1. The lowest BCUT2D eigenvalue weighted by Crippen LogP contribution is -2.26. The Balaban J connectivity index is 1.67. The molecule has 1 saturated carbocycles. The summed E-state index contributed by atoms with van der Waals surface area (Å²) in [7, 11) is 1.62. The molecule has 0 unspecified atom stereocenters. The van der Waals surface area contributed by atoms with Crippen LogP contribution in [0.3, 0.4) is 0 Å². The second-order valence-electron chi connectivity index (χ2n) is 5.27. The predicted octanol–water partition coefficient (Wildman–Crippen LogP) is 1.30. The van der Waals surface area contributed by atoms with E-state index in [9.17, 15) is 9.59 Å². The summed E-state index contributed by atoms with van der Waals surface area (Å²) in [6.07, 6.45) is 5.22. The third-order valence-corrected chi connectivity index (χ3v) is 3.76. The molecule has 0 bridgehead atoms. The van der Waals surface area contributed by atoms with Gasteiger partial charge in [0, 0.05) is 24.9 Å². The molecule has 0 radical (unpaired) electrons. The van der Waals surface area contributed by atoms with Gasteiger partial charge in [-0.15, -0.1) is 5.10 Å². The zero-order valence-electron chi connectivity index (χ0n) is 11.7. The van der Waals surface area contributed by atoms with Crippen molar-refractivity contribution < 1.29 is 9.21 Å². The van der Waals surface area contributed by atoms with Gasteiger partial charge in [0.2, 0.25) is 5.89 Å². The first-order valence-corrected chi connectivity index (χ1v) is 6.89. The van der Waals surface area contributed by atoms with Gasteiger partial charge < -0.3 is 9.32 Å². The van der Waals surface area contributed by atoms with Crippen molar-refractivity contribution in [3.8, 4) is 0 Å². The molecular formula is C14H16N4O3. The summed E-state index contributed by atoms with van der Waals surface area (Å²) < 4.78 is 4.78. The summed E-state index contributed by atoms with van der Waals surface area (Å²) in [5.41, 5.74) is 1.57. The molecule has 3 rings (SSSR count). The van der Waals surface area contributed by atoms with E-state index in [-0.39, 0.29) is 18.3 Å². The first-order chi connectivity index (χ1) is 10.1. The molecule has 0 aromatic carbocycles. The maximum atomic E-state index is 12.2. The standard InChI is InChI=1S/C14H16N4O3/c1-18(8-12-16-17-14(20)21-12)13(19)10-5-6-11(15-7-10)9-3-2-4-9/h5-7,9H,2-4,8H2,1H3,(H,17,20). The molecule has 2 aromatic heterocycles. The van der Waals surface area contributed by atoms with Crippen molar-refractivity contribution in [3.05, 3.63) is 46.0 Å². The van der Waals surface area contributed by atoms with Gasteiger partial charge in [0.05, 0.1) is 12.1 Å². The quantitative estimate of drug-likeness (QED) is 0.915. The SMILES string of the molecule is CN(Cc1n[nH]c(=O)o1)C(=O)c1ccc(C2CCC2)nc1. The van der Waals surface area contributed by atoms with Crippen LogP contribution in [0.5, 0.6) is 0 Å². The van der Waals surface area contributed by atoms with Crippen LogP contribution in [0.1, 0.15) is 47.1 Å². The minimum atomic E-state index is -0.627. The van der Waals surface area contributed by atoms with Gasteiger partial charge in [0.1, 0.15) is 0 Å². The number of hydrogen-bond acceptors (Lipinski definition) is 5. The topological polar surface area (TPSA) is 92.1 Å². The Morgan fingerprint density at radius 3 is 2.81 bits per heavy atom. The van der Waals surface area contributed by atoms with Crippen LogP contribution in [0.15, 0.2) is 27.5 Å². The fraction of sp³-hybridized carbons (Fsp3) is 0.429. The Hall–Kier alpha value is -2.44. The lowest BCUT2D eigenvalue weighted by molar-refractivity contribution is 0.0771. The molecule has 0 aliphatic heterocycles. The Labute approximate surface area is 121 Å². The second kappa shape index (κ2) is 5.51. The molecule has 1 aliphatic carbocycles. The van der Waals surface area contributed by atoms with E-state index in [0.29, 0.717) is 11.5 Å². The van der Waals surface area contributed by atoms with E-state index in [0.717, 1.165) is 5.69 Å². The molecule has 1 amide bonds. The molecule has 1 fully saturated rings. The molecule has 7 heteroatoms. The maximum Gasteiger partial charge on any atom is 0.434 e. The number of amides is 1. The number of aromatic amines is 1. The maximum absolute atomic E-state index is 12.2. The Bertz CT molecular complexity index is 685. The summed E-state index contributed by atoms with van der Waals surface area (Å²) in [5, 5.41) is 5.84. The summed E-state index contributed by atoms with van der Waals surface area (Å²) >= 11 is 0.